The molecule has 12 nitrogen and oxygen atoms in total. The average molecular weight is 649 g/mol. The standard InChI is InChI=1S/C32H28N10O2S2/c43-27(37-39-31(45)33-21-11-3-1-4-12-21)19-41-25-17-9-7-15-23(25)35-29(41)30-36-24-16-8-10-18-26(24)42(30)20-28(44)38-40-32(46)34-22-13-5-2-6-14-22/h1-18H,19-20H2,(H,37,43)(H,38,44)(H2,33,39,45)(H2,34,40,46). The number of hydrazine groups is 2. The van der Waals surface area contributed by atoms with Crippen LogP contribution < -0.4 is 32.3 Å². The molecule has 0 bridgehead atoms. The Kier molecular flexibility index (Phi) is 9.08. The molecule has 2 heterocycles. The summed E-state index contributed by atoms with van der Waals surface area (Å²) in [6.07, 6.45) is 0. The van der Waals surface area contributed by atoms with Crippen molar-refractivity contribution >= 4 is 79.9 Å². The Bertz CT molecular complexity index is 1900. The first-order valence-corrected chi connectivity index (χ1v) is 15.0. The minimum Gasteiger partial charge on any atom is -0.331 e. The second-order valence-electron chi connectivity index (χ2n) is 10.0. The maximum atomic E-state index is 13.2. The summed E-state index contributed by atoms with van der Waals surface area (Å²) in [6.45, 7) is -0.208. The maximum Gasteiger partial charge on any atom is 0.258 e. The third-order valence-electron chi connectivity index (χ3n) is 6.81. The number of para-hydroxylation sites is 6. The maximum absolute atomic E-state index is 13.2. The molecule has 6 aromatic rings. The number of aromatic nitrogens is 4. The summed E-state index contributed by atoms with van der Waals surface area (Å²) in [7, 11) is 0. The Morgan fingerprint density at radius 2 is 0.891 bits per heavy atom. The molecule has 46 heavy (non-hydrogen) atoms. The number of fused-ring (bicyclic) bond motifs is 2. The number of carbonyl (C=O) groups is 2. The summed E-state index contributed by atoms with van der Waals surface area (Å²) >= 11 is 10.6. The first-order valence-electron chi connectivity index (χ1n) is 14.2. The van der Waals surface area contributed by atoms with Crippen LogP contribution in [0.2, 0.25) is 0 Å². The van der Waals surface area contributed by atoms with E-state index in [1.165, 1.54) is 0 Å². The highest BCUT2D eigenvalue weighted by Gasteiger charge is 2.22. The lowest BCUT2D eigenvalue weighted by Gasteiger charge is -2.15. The number of imidazole rings is 2. The van der Waals surface area contributed by atoms with Gasteiger partial charge in [-0.05, 0) is 73.0 Å². The van der Waals surface area contributed by atoms with E-state index in [0.717, 1.165) is 22.4 Å². The van der Waals surface area contributed by atoms with E-state index in [0.29, 0.717) is 22.7 Å². The summed E-state index contributed by atoms with van der Waals surface area (Å²) in [6, 6.07) is 33.7. The molecular weight excluding hydrogens is 621 g/mol. The Morgan fingerprint density at radius 3 is 1.30 bits per heavy atom. The smallest absolute Gasteiger partial charge is 0.258 e. The quantitative estimate of drug-likeness (QED) is 0.111. The van der Waals surface area contributed by atoms with Crippen LogP contribution in [0.1, 0.15) is 0 Å². The van der Waals surface area contributed by atoms with Crippen LogP contribution >= 0.6 is 24.4 Å². The van der Waals surface area contributed by atoms with Gasteiger partial charge in [0.05, 0.1) is 22.1 Å². The predicted molar refractivity (Wildman–Crippen MR) is 186 cm³/mol. The molecule has 2 aromatic heterocycles. The molecule has 6 rings (SSSR count). The van der Waals surface area contributed by atoms with E-state index in [1.54, 1.807) is 9.13 Å². The highest BCUT2D eigenvalue weighted by atomic mass is 32.1. The molecule has 6 N–H and O–H groups in total. The molecule has 0 spiro atoms. The minimum absolute atomic E-state index is 0.104. The van der Waals surface area contributed by atoms with Crippen LogP contribution in [-0.4, -0.2) is 41.1 Å². The van der Waals surface area contributed by atoms with Crippen LogP contribution in [0.5, 0.6) is 0 Å². The molecule has 230 valence electrons. The summed E-state index contributed by atoms with van der Waals surface area (Å²) in [4.78, 5) is 36.0. The molecule has 0 aliphatic rings. The van der Waals surface area contributed by atoms with Gasteiger partial charge in [-0.25, -0.2) is 9.97 Å². The SMILES string of the molecule is O=C(Cn1c(-c2nc3ccccc3n2CC(=O)NNC(=S)Nc2ccccc2)nc2ccccc21)NNC(=S)Nc1ccccc1. The number of nitrogens with one attached hydrogen (secondary N) is 6. The number of anilines is 2. The van der Waals surface area contributed by atoms with Gasteiger partial charge in [-0.2, -0.15) is 0 Å². The fourth-order valence-electron chi connectivity index (χ4n) is 4.80. The van der Waals surface area contributed by atoms with Crippen molar-refractivity contribution in [2.75, 3.05) is 10.6 Å². The van der Waals surface area contributed by atoms with E-state index in [4.69, 9.17) is 34.4 Å². The molecule has 0 saturated carbocycles. The lowest BCUT2D eigenvalue weighted by atomic mass is 10.3. The second-order valence-corrected chi connectivity index (χ2v) is 10.8. The van der Waals surface area contributed by atoms with Crippen molar-refractivity contribution in [3.05, 3.63) is 109 Å². The number of carbonyl (C=O) groups excluding carboxylic acids is 2. The molecule has 14 heteroatoms. The lowest BCUT2D eigenvalue weighted by Crippen LogP contribution is -2.45. The largest absolute Gasteiger partial charge is 0.331 e. The van der Waals surface area contributed by atoms with Crippen molar-refractivity contribution in [1.29, 1.82) is 0 Å². The van der Waals surface area contributed by atoms with Gasteiger partial charge in [-0.3, -0.25) is 31.3 Å². The molecule has 0 unspecified atom stereocenters. The first kappa shape index (κ1) is 30.2. The highest BCUT2D eigenvalue weighted by Crippen LogP contribution is 2.28. The van der Waals surface area contributed by atoms with E-state index in [1.807, 2.05) is 109 Å². The molecule has 0 radical (unpaired) electrons. The third kappa shape index (κ3) is 7.09. The van der Waals surface area contributed by atoms with Crippen LogP contribution in [0.4, 0.5) is 11.4 Å². The van der Waals surface area contributed by atoms with Crippen molar-refractivity contribution in [1.82, 2.24) is 40.8 Å². The van der Waals surface area contributed by atoms with Crippen molar-refractivity contribution < 1.29 is 9.59 Å². The van der Waals surface area contributed by atoms with Crippen molar-refractivity contribution in [3.63, 3.8) is 0 Å². The second kappa shape index (κ2) is 13.8. The normalized spacial score (nSPS) is 10.7. The topological polar surface area (TPSA) is 142 Å². The van der Waals surface area contributed by atoms with Gasteiger partial charge < -0.3 is 19.8 Å². The van der Waals surface area contributed by atoms with E-state index in [9.17, 15) is 9.59 Å². The van der Waals surface area contributed by atoms with Gasteiger partial charge in [-0.1, -0.05) is 60.7 Å². The van der Waals surface area contributed by atoms with Gasteiger partial charge in [0.15, 0.2) is 21.9 Å². The summed E-state index contributed by atoms with van der Waals surface area (Å²) in [5.74, 6) is 0.0930. The Morgan fingerprint density at radius 1 is 0.522 bits per heavy atom. The fraction of sp³-hybridized carbons (Fsp3) is 0.0625. The van der Waals surface area contributed by atoms with Crippen LogP contribution in [0.15, 0.2) is 109 Å². The monoisotopic (exact) mass is 648 g/mol. The van der Waals surface area contributed by atoms with Gasteiger partial charge in [-0.15, -0.1) is 0 Å². The summed E-state index contributed by atoms with van der Waals surface area (Å²) < 4.78 is 3.51. The Labute approximate surface area is 274 Å². The Hall–Kier alpha value is -5.86. The van der Waals surface area contributed by atoms with Gasteiger partial charge in [0.2, 0.25) is 0 Å². The molecule has 4 aromatic carbocycles. The minimum atomic E-state index is -0.370. The number of thiocarbonyl (C=S) groups is 2. The van der Waals surface area contributed by atoms with Crippen LogP contribution in [0.25, 0.3) is 33.7 Å². The summed E-state index contributed by atoms with van der Waals surface area (Å²) in [5, 5.41) is 6.49. The highest BCUT2D eigenvalue weighted by molar-refractivity contribution is 7.80. The van der Waals surface area contributed by atoms with Crippen molar-refractivity contribution in [2.24, 2.45) is 0 Å². The number of benzene rings is 4. The molecule has 0 aliphatic heterocycles. The number of hydrogen-bond acceptors (Lipinski definition) is 6. The van der Waals surface area contributed by atoms with Gasteiger partial charge in [0.1, 0.15) is 13.1 Å². The van der Waals surface area contributed by atoms with E-state index in [2.05, 4.69) is 32.3 Å². The zero-order chi connectivity index (χ0) is 31.9. The van der Waals surface area contributed by atoms with Gasteiger partial charge in [0, 0.05) is 11.4 Å². The molecule has 0 fully saturated rings. The van der Waals surface area contributed by atoms with E-state index >= 15 is 0 Å². The fourth-order valence-corrected chi connectivity index (χ4v) is 5.14. The molecule has 0 atom stereocenters. The number of nitrogens with zero attached hydrogens (tertiary/aromatic N) is 4. The van der Waals surface area contributed by atoms with Crippen molar-refractivity contribution in [3.8, 4) is 11.6 Å². The van der Waals surface area contributed by atoms with E-state index in [-0.39, 0.29) is 35.1 Å². The number of amides is 2. The zero-order valence-electron chi connectivity index (χ0n) is 24.2. The zero-order valence-corrected chi connectivity index (χ0v) is 25.9. The van der Waals surface area contributed by atoms with Crippen LogP contribution in [0.3, 0.4) is 0 Å². The first-order chi connectivity index (χ1) is 22.4. The predicted octanol–water partition coefficient (Wildman–Crippen LogP) is 4.09. The molecule has 0 saturated heterocycles. The number of hydrogen-bond donors (Lipinski definition) is 6. The third-order valence-corrected chi connectivity index (χ3v) is 7.22. The van der Waals surface area contributed by atoms with E-state index < -0.39 is 0 Å². The number of rotatable bonds is 7. The lowest BCUT2D eigenvalue weighted by molar-refractivity contribution is -0.123. The molecule has 0 aliphatic carbocycles. The van der Waals surface area contributed by atoms with Crippen LogP contribution in [-0.2, 0) is 22.7 Å². The summed E-state index contributed by atoms with van der Waals surface area (Å²) in [5.41, 5.74) is 15.1. The van der Waals surface area contributed by atoms with Crippen LogP contribution in [0, 0.1) is 0 Å². The Balaban J connectivity index is 1.22. The van der Waals surface area contributed by atoms with Gasteiger partial charge in [0.25, 0.3) is 11.8 Å². The van der Waals surface area contributed by atoms with Gasteiger partial charge >= 0.3 is 0 Å². The molecule has 2 amide bonds. The molecular formula is C32H28N10O2S2. The average Bonchev–Trinajstić information content (AvgIpc) is 3.61. The van der Waals surface area contributed by atoms with Crippen molar-refractivity contribution in [2.45, 2.75) is 13.1 Å².